The van der Waals surface area contributed by atoms with Crippen molar-refractivity contribution in [1.29, 1.82) is 0 Å². The van der Waals surface area contributed by atoms with Crippen LogP contribution in [0.5, 0.6) is 0 Å². The van der Waals surface area contributed by atoms with Crippen molar-refractivity contribution in [3.8, 4) is 0 Å². The molecule has 1 heterocycles. The first-order valence-electron chi connectivity index (χ1n) is 9.75. The Morgan fingerprint density at radius 1 is 0.909 bits per heavy atom. The lowest BCUT2D eigenvalue weighted by Crippen LogP contribution is -2.39. The maximum atomic E-state index is 13.6. The first kappa shape index (κ1) is 24.1. The number of aryl methyl sites for hydroxylation is 1. The molecular formula is C23H19F6N3O. The molecule has 174 valence electrons. The number of hydrogen-bond donors (Lipinski definition) is 2. The third-order valence-corrected chi connectivity index (χ3v) is 4.96. The Balaban J connectivity index is 1.93. The summed E-state index contributed by atoms with van der Waals surface area (Å²) in [5.41, 5.74) is -0.886. The average Bonchev–Trinajstić information content (AvgIpc) is 2.76. The maximum absolute atomic E-state index is 13.6. The van der Waals surface area contributed by atoms with Crippen LogP contribution in [0.3, 0.4) is 0 Å². The van der Waals surface area contributed by atoms with Gasteiger partial charge in [0, 0.05) is 12.7 Å². The van der Waals surface area contributed by atoms with Gasteiger partial charge in [-0.25, -0.2) is 4.79 Å². The van der Waals surface area contributed by atoms with Gasteiger partial charge in [-0.1, -0.05) is 36.4 Å². The SMILES string of the molecule is Cc1ccccc1CNC(=O)N[C@@H](c1ccc(C(F)(F)F)cc1)c1ncccc1C(F)(F)F. The molecule has 4 nitrogen and oxygen atoms in total. The van der Waals surface area contributed by atoms with Gasteiger partial charge in [0.05, 0.1) is 22.9 Å². The second-order valence-corrected chi connectivity index (χ2v) is 7.24. The van der Waals surface area contributed by atoms with Gasteiger partial charge in [0.15, 0.2) is 0 Å². The lowest BCUT2D eigenvalue weighted by atomic mass is 9.98. The van der Waals surface area contributed by atoms with Crippen LogP contribution in [-0.4, -0.2) is 11.0 Å². The normalized spacial score (nSPS) is 12.8. The van der Waals surface area contributed by atoms with Gasteiger partial charge in [-0.15, -0.1) is 0 Å². The molecule has 0 aliphatic rings. The molecule has 0 aliphatic heterocycles. The summed E-state index contributed by atoms with van der Waals surface area (Å²) in [7, 11) is 0. The highest BCUT2D eigenvalue weighted by molar-refractivity contribution is 5.75. The number of nitrogens with zero attached hydrogens (tertiary/aromatic N) is 1. The molecular weight excluding hydrogens is 448 g/mol. The first-order chi connectivity index (χ1) is 15.5. The van der Waals surface area contributed by atoms with Crippen LogP contribution in [0, 0.1) is 6.92 Å². The van der Waals surface area contributed by atoms with E-state index in [1.165, 1.54) is 0 Å². The second-order valence-electron chi connectivity index (χ2n) is 7.24. The van der Waals surface area contributed by atoms with Crippen LogP contribution in [0.1, 0.15) is 39.6 Å². The van der Waals surface area contributed by atoms with Gasteiger partial charge in [0.25, 0.3) is 0 Å². The molecule has 0 spiro atoms. The smallest absolute Gasteiger partial charge is 0.334 e. The number of nitrogens with one attached hydrogen (secondary N) is 2. The number of carbonyl (C=O) groups is 1. The summed E-state index contributed by atoms with van der Waals surface area (Å²) in [4.78, 5) is 16.4. The summed E-state index contributed by atoms with van der Waals surface area (Å²) in [5.74, 6) is 0. The molecule has 3 aromatic rings. The first-order valence-corrected chi connectivity index (χ1v) is 9.75. The summed E-state index contributed by atoms with van der Waals surface area (Å²) >= 11 is 0. The van der Waals surface area contributed by atoms with Crippen LogP contribution in [0.4, 0.5) is 31.1 Å². The minimum Gasteiger partial charge on any atom is -0.334 e. The fourth-order valence-electron chi connectivity index (χ4n) is 3.23. The van der Waals surface area contributed by atoms with Crippen molar-refractivity contribution in [3.05, 3.63) is 100 Å². The number of benzene rings is 2. The number of aromatic nitrogens is 1. The average molecular weight is 467 g/mol. The van der Waals surface area contributed by atoms with E-state index in [1.54, 1.807) is 12.1 Å². The zero-order valence-corrected chi connectivity index (χ0v) is 17.3. The third-order valence-electron chi connectivity index (χ3n) is 4.96. The molecule has 2 amide bonds. The predicted octanol–water partition coefficient (Wildman–Crippen LogP) is 6.02. The Labute approximate surface area is 185 Å². The van der Waals surface area contributed by atoms with Gasteiger partial charge in [-0.2, -0.15) is 26.3 Å². The summed E-state index contributed by atoms with van der Waals surface area (Å²) in [6, 6.07) is 10.4. The van der Waals surface area contributed by atoms with E-state index >= 15 is 0 Å². The van der Waals surface area contributed by atoms with Crippen molar-refractivity contribution in [2.24, 2.45) is 0 Å². The van der Waals surface area contributed by atoms with Crippen molar-refractivity contribution in [3.63, 3.8) is 0 Å². The second kappa shape index (κ2) is 9.51. The van der Waals surface area contributed by atoms with Crippen LogP contribution in [0.25, 0.3) is 0 Å². The van der Waals surface area contributed by atoms with E-state index in [1.807, 2.05) is 19.1 Å². The number of halogens is 6. The summed E-state index contributed by atoms with van der Waals surface area (Å²) < 4.78 is 79.5. The Bertz CT molecular complexity index is 1110. The Morgan fingerprint density at radius 3 is 2.18 bits per heavy atom. The topological polar surface area (TPSA) is 54.0 Å². The Morgan fingerprint density at radius 2 is 1.58 bits per heavy atom. The zero-order valence-electron chi connectivity index (χ0n) is 17.3. The van der Waals surface area contributed by atoms with Gasteiger partial charge >= 0.3 is 18.4 Å². The fourth-order valence-corrected chi connectivity index (χ4v) is 3.23. The molecule has 1 atom stereocenters. The molecule has 10 heteroatoms. The summed E-state index contributed by atoms with van der Waals surface area (Å²) in [6.07, 6.45) is -8.28. The van der Waals surface area contributed by atoms with E-state index in [0.717, 1.165) is 53.7 Å². The molecule has 0 unspecified atom stereocenters. The monoisotopic (exact) mass is 467 g/mol. The van der Waals surface area contributed by atoms with Crippen molar-refractivity contribution >= 4 is 6.03 Å². The third kappa shape index (κ3) is 6.03. The Hall–Kier alpha value is -3.56. The quantitative estimate of drug-likeness (QED) is 0.451. The highest BCUT2D eigenvalue weighted by Gasteiger charge is 2.37. The highest BCUT2D eigenvalue weighted by atomic mass is 19.4. The molecule has 0 fully saturated rings. The molecule has 0 radical (unpaired) electrons. The van der Waals surface area contributed by atoms with Gasteiger partial charge < -0.3 is 10.6 Å². The largest absolute Gasteiger partial charge is 0.418 e. The molecule has 2 aromatic carbocycles. The van der Waals surface area contributed by atoms with Crippen molar-refractivity contribution in [2.75, 3.05) is 0 Å². The molecule has 33 heavy (non-hydrogen) atoms. The van der Waals surface area contributed by atoms with Crippen LogP contribution in [0.15, 0.2) is 66.9 Å². The van der Waals surface area contributed by atoms with E-state index < -0.39 is 41.2 Å². The molecule has 3 rings (SSSR count). The molecule has 0 saturated carbocycles. The van der Waals surface area contributed by atoms with Gasteiger partial charge in [0.1, 0.15) is 0 Å². The lowest BCUT2D eigenvalue weighted by molar-refractivity contribution is -0.139. The van der Waals surface area contributed by atoms with Crippen LogP contribution >= 0.6 is 0 Å². The summed E-state index contributed by atoms with van der Waals surface area (Å²) in [5, 5.41) is 4.98. The van der Waals surface area contributed by atoms with E-state index in [-0.39, 0.29) is 12.1 Å². The van der Waals surface area contributed by atoms with E-state index in [2.05, 4.69) is 15.6 Å². The fraction of sp³-hybridized carbons (Fsp3) is 0.217. The number of alkyl halides is 6. The molecule has 0 bridgehead atoms. The van der Waals surface area contributed by atoms with Crippen molar-refractivity contribution in [2.45, 2.75) is 31.9 Å². The number of urea groups is 1. The lowest BCUT2D eigenvalue weighted by Gasteiger charge is -2.23. The van der Waals surface area contributed by atoms with E-state index in [0.29, 0.717) is 0 Å². The minimum absolute atomic E-state index is 0.0123. The van der Waals surface area contributed by atoms with Gasteiger partial charge in [-0.05, 0) is 47.9 Å². The minimum atomic E-state index is -4.78. The van der Waals surface area contributed by atoms with Crippen LogP contribution in [-0.2, 0) is 18.9 Å². The molecule has 1 aromatic heterocycles. The maximum Gasteiger partial charge on any atom is 0.418 e. The molecule has 0 saturated heterocycles. The number of rotatable bonds is 5. The number of amides is 2. The number of carbonyl (C=O) groups excluding carboxylic acids is 1. The number of pyridine rings is 1. The summed E-state index contributed by atoms with van der Waals surface area (Å²) in [6.45, 7) is 1.94. The van der Waals surface area contributed by atoms with Crippen molar-refractivity contribution in [1.82, 2.24) is 15.6 Å². The predicted molar refractivity (Wildman–Crippen MR) is 109 cm³/mol. The van der Waals surface area contributed by atoms with E-state index in [4.69, 9.17) is 0 Å². The highest BCUT2D eigenvalue weighted by Crippen LogP contribution is 2.36. The van der Waals surface area contributed by atoms with Crippen molar-refractivity contribution < 1.29 is 31.1 Å². The van der Waals surface area contributed by atoms with Crippen LogP contribution < -0.4 is 10.6 Å². The number of hydrogen-bond acceptors (Lipinski definition) is 2. The standard InChI is InChI=1S/C23H19F6N3O/c1-14-5-2-3-6-16(14)13-31-21(33)32-19(15-8-10-17(11-9-15)22(24,25)26)20-18(23(27,28)29)7-4-12-30-20/h2-12,19H,13H2,1H3,(H2,31,32,33)/t19-/m0/s1. The van der Waals surface area contributed by atoms with Gasteiger partial charge in [-0.3, -0.25) is 4.98 Å². The molecule has 0 aliphatic carbocycles. The zero-order chi connectivity index (χ0) is 24.2. The van der Waals surface area contributed by atoms with Gasteiger partial charge in [0.2, 0.25) is 0 Å². The Kier molecular flexibility index (Phi) is 6.95. The van der Waals surface area contributed by atoms with E-state index in [9.17, 15) is 31.1 Å². The molecule has 2 N–H and O–H groups in total. The van der Waals surface area contributed by atoms with Crippen LogP contribution in [0.2, 0.25) is 0 Å².